The molecule has 0 aliphatic heterocycles. The van der Waals surface area contributed by atoms with Gasteiger partial charge in [0, 0.05) is 12.4 Å². The molecule has 0 aliphatic carbocycles. The van der Waals surface area contributed by atoms with E-state index in [0.29, 0.717) is 25.2 Å². The molecular formula is C8H12BrNO3. The fraction of sp³-hybridized carbons (Fsp3) is 0.625. The van der Waals surface area contributed by atoms with Gasteiger partial charge in [-0.2, -0.15) is 0 Å². The number of hydrogen-bond acceptors (Lipinski definition) is 4. The van der Waals surface area contributed by atoms with Crippen molar-refractivity contribution in [3.63, 3.8) is 0 Å². The molecule has 5 heteroatoms. The first kappa shape index (κ1) is 10.7. The SMILES string of the molecule is COCCOCc1ocnc1CBr. The van der Waals surface area contributed by atoms with E-state index in [1.165, 1.54) is 6.39 Å². The fourth-order valence-electron chi connectivity index (χ4n) is 0.827. The zero-order valence-electron chi connectivity index (χ0n) is 7.46. The van der Waals surface area contributed by atoms with Crippen LogP contribution in [0.25, 0.3) is 0 Å². The third-order valence-electron chi connectivity index (χ3n) is 1.52. The Hall–Kier alpha value is -0.390. The summed E-state index contributed by atoms with van der Waals surface area (Å²) in [6.07, 6.45) is 1.42. The normalized spacial score (nSPS) is 10.6. The molecule has 74 valence electrons. The Balaban J connectivity index is 2.27. The Morgan fingerprint density at radius 3 is 3.08 bits per heavy atom. The molecule has 0 N–H and O–H groups in total. The lowest BCUT2D eigenvalue weighted by Crippen LogP contribution is -2.02. The van der Waals surface area contributed by atoms with E-state index < -0.39 is 0 Å². The summed E-state index contributed by atoms with van der Waals surface area (Å²) in [6.45, 7) is 1.61. The summed E-state index contributed by atoms with van der Waals surface area (Å²) in [6, 6.07) is 0. The topological polar surface area (TPSA) is 44.5 Å². The molecule has 0 spiro atoms. The Morgan fingerprint density at radius 2 is 2.38 bits per heavy atom. The van der Waals surface area contributed by atoms with Crippen LogP contribution in [-0.4, -0.2) is 25.3 Å². The van der Waals surface area contributed by atoms with Gasteiger partial charge in [0.25, 0.3) is 0 Å². The number of halogens is 1. The number of methoxy groups -OCH3 is 1. The molecule has 1 rings (SSSR count). The quantitative estimate of drug-likeness (QED) is 0.569. The molecule has 0 fully saturated rings. The Morgan fingerprint density at radius 1 is 1.54 bits per heavy atom. The summed E-state index contributed by atoms with van der Waals surface area (Å²) < 4.78 is 15.2. The van der Waals surface area contributed by atoms with Gasteiger partial charge in [-0.25, -0.2) is 4.98 Å². The summed E-state index contributed by atoms with van der Waals surface area (Å²) in [5.41, 5.74) is 0.886. The summed E-state index contributed by atoms with van der Waals surface area (Å²) >= 11 is 3.31. The molecule has 0 saturated carbocycles. The van der Waals surface area contributed by atoms with E-state index in [1.54, 1.807) is 7.11 Å². The molecule has 0 unspecified atom stereocenters. The van der Waals surface area contributed by atoms with Crippen molar-refractivity contribution in [2.45, 2.75) is 11.9 Å². The molecule has 0 aromatic carbocycles. The highest BCUT2D eigenvalue weighted by molar-refractivity contribution is 9.08. The van der Waals surface area contributed by atoms with Crippen molar-refractivity contribution < 1.29 is 13.9 Å². The minimum absolute atomic E-state index is 0.449. The molecule has 0 amide bonds. The van der Waals surface area contributed by atoms with E-state index in [1.807, 2.05) is 0 Å². The molecule has 1 aromatic rings. The first-order chi connectivity index (χ1) is 6.38. The summed E-state index contributed by atoms with van der Waals surface area (Å²) in [5, 5.41) is 0.687. The van der Waals surface area contributed by atoms with E-state index >= 15 is 0 Å². The summed E-state index contributed by atoms with van der Waals surface area (Å²) in [7, 11) is 1.64. The third kappa shape index (κ3) is 3.46. The predicted molar refractivity (Wildman–Crippen MR) is 50.7 cm³/mol. The van der Waals surface area contributed by atoms with Crippen molar-refractivity contribution in [2.24, 2.45) is 0 Å². The average molecular weight is 250 g/mol. The van der Waals surface area contributed by atoms with Gasteiger partial charge in [-0.3, -0.25) is 0 Å². The molecule has 13 heavy (non-hydrogen) atoms. The highest BCUT2D eigenvalue weighted by Gasteiger charge is 2.05. The molecule has 1 heterocycles. The molecule has 0 atom stereocenters. The largest absolute Gasteiger partial charge is 0.446 e. The smallest absolute Gasteiger partial charge is 0.181 e. The minimum atomic E-state index is 0.449. The zero-order valence-corrected chi connectivity index (χ0v) is 9.04. The molecule has 0 saturated heterocycles. The van der Waals surface area contributed by atoms with Crippen LogP contribution in [0, 0.1) is 0 Å². The van der Waals surface area contributed by atoms with Crippen LogP contribution in [-0.2, 0) is 21.4 Å². The third-order valence-corrected chi connectivity index (χ3v) is 2.05. The van der Waals surface area contributed by atoms with E-state index in [9.17, 15) is 0 Å². The average Bonchev–Trinajstić information content (AvgIpc) is 2.60. The lowest BCUT2D eigenvalue weighted by Gasteiger charge is -2.01. The number of aromatic nitrogens is 1. The maximum absolute atomic E-state index is 5.28. The van der Waals surface area contributed by atoms with Crippen LogP contribution in [0.15, 0.2) is 10.8 Å². The van der Waals surface area contributed by atoms with Crippen LogP contribution in [0.5, 0.6) is 0 Å². The summed E-state index contributed by atoms with van der Waals surface area (Å²) in [4.78, 5) is 4.01. The van der Waals surface area contributed by atoms with Crippen molar-refractivity contribution in [2.75, 3.05) is 20.3 Å². The minimum Gasteiger partial charge on any atom is -0.446 e. The number of hydrogen-bond donors (Lipinski definition) is 0. The van der Waals surface area contributed by atoms with Gasteiger partial charge in [-0.1, -0.05) is 15.9 Å². The van der Waals surface area contributed by atoms with E-state index in [2.05, 4.69) is 20.9 Å². The van der Waals surface area contributed by atoms with E-state index in [4.69, 9.17) is 13.9 Å². The predicted octanol–water partition coefficient (Wildman–Crippen LogP) is 1.73. The number of ether oxygens (including phenoxy) is 2. The molecule has 4 nitrogen and oxygen atoms in total. The van der Waals surface area contributed by atoms with Gasteiger partial charge in [-0.05, 0) is 0 Å². The van der Waals surface area contributed by atoms with Crippen LogP contribution in [0.3, 0.4) is 0 Å². The number of oxazole rings is 1. The van der Waals surface area contributed by atoms with Gasteiger partial charge < -0.3 is 13.9 Å². The van der Waals surface area contributed by atoms with Gasteiger partial charge in [0.05, 0.1) is 18.9 Å². The molecule has 1 aromatic heterocycles. The molecule has 0 radical (unpaired) electrons. The van der Waals surface area contributed by atoms with Crippen LogP contribution in [0.4, 0.5) is 0 Å². The molecular weight excluding hydrogens is 238 g/mol. The summed E-state index contributed by atoms with van der Waals surface area (Å²) in [5.74, 6) is 0.771. The van der Waals surface area contributed by atoms with Crippen LogP contribution < -0.4 is 0 Å². The maximum Gasteiger partial charge on any atom is 0.181 e. The second-order valence-electron chi connectivity index (χ2n) is 2.40. The van der Waals surface area contributed by atoms with Gasteiger partial charge in [0.15, 0.2) is 12.2 Å². The van der Waals surface area contributed by atoms with E-state index in [0.717, 1.165) is 11.5 Å². The number of rotatable bonds is 6. The number of alkyl halides is 1. The van der Waals surface area contributed by atoms with Crippen LogP contribution >= 0.6 is 15.9 Å². The van der Waals surface area contributed by atoms with Crippen LogP contribution in [0.1, 0.15) is 11.5 Å². The van der Waals surface area contributed by atoms with Crippen molar-refractivity contribution in [3.05, 3.63) is 17.8 Å². The Kier molecular flexibility index (Phi) is 5.03. The van der Waals surface area contributed by atoms with Crippen molar-refractivity contribution in [1.82, 2.24) is 4.98 Å². The zero-order chi connectivity index (χ0) is 9.52. The first-order valence-electron chi connectivity index (χ1n) is 3.92. The monoisotopic (exact) mass is 249 g/mol. The second kappa shape index (κ2) is 6.12. The van der Waals surface area contributed by atoms with Crippen molar-refractivity contribution >= 4 is 15.9 Å². The van der Waals surface area contributed by atoms with Gasteiger partial charge in [0.1, 0.15) is 6.61 Å². The van der Waals surface area contributed by atoms with Crippen LogP contribution in [0.2, 0.25) is 0 Å². The Labute approximate surface area is 85.4 Å². The number of nitrogens with zero attached hydrogens (tertiary/aromatic N) is 1. The highest BCUT2D eigenvalue weighted by Crippen LogP contribution is 2.11. The fourth-order valence-corrected chi connectivity index (χ4v) is 1.28. The van der Waals surface area contributed by atoms with E-state index in [-0.39, 0.29) is 0 Å². The van der Waals surface area contributed by atoms with Crippen molar-refractivity contribution in [3.8, 4) is 0 Å². The molecule has 0 aliphatic rings. The highest BCUT2D eigenvalue weighted by atomic mass is 79.9. The standard InChI is InChI=1S/C8H12BrNO3/c1-11-2-3-12-5-8-7(4-9)10-6-13-8/h6H,2-5H2,1H3. The Bertz CT molecular complexity index is 239. The van der Waals surface area contributed by atoms with Gasteiger partial charge in [0.2, 0.25) is 0 Å². The lowest BCUT2D eigenvalue weighted by molar-refractivity contribution is 0.0535. The van der Waals surface area contributed by atoms with Gasteiger partial charge >= 0.3 is 0 Å². The first-order valence-corrected chi connectivity index (χ1v) is 5.04. The second-order valence-corrected chi connectivity index (χ2v) is 2.96. The van der Waals surface area contributed by atoms with Gasteiger partial charge in [-0.15, -0.1) is 0 Å². The van der Waals surface area contributed by atoms with Crippen molar-refractivity contribution in [1.29, 1.82) is 0 Å². The lowest BCUT2D eigenvalue weighted by atomic mass is 10.4. The maximum atomic E-state index is 5.28. The molecule has 0 bridgehead atoms.